The lowest BCUT2D eigenvalue weighted by Gasteiger charge is -2.01. The molecule has 1 rings (SSSR count). The topological polar surface area (TPSA) is 50.1 Å². The van der Waals surface area contributed by atoms with Crippen LogP contribution in [-0.4, -0.2) is 12.6 Å². The summed E-state index contributed by atoms with van der Waals surface area (Å²) >= 11 is 11.6. The molecule has 0 heterocycles. The van der Waals surface area contributed by atoms with Crippen LogP contribution in [0.3, 0.4) is 0 Å². The van der Waals surface area contributed by atoms with Crippen LogP contribution in [0.4, 0.5) is 0 Å². The number of hydrogen-bond acceptors (Lipinski definition) is 3. The zero-order valence-electron chi connectivity index (χ0n) is 9.32. The molecule has 0 atom stereocenters. The smallest absolute Gasteiger partial charge is 0.349 e. The third kappa shape index (κ3) is 3.92. The maximum Gasteiger partial charge on any atom is 0.349 e. The van der Waals surface area contributed by atoms with Gasteiger partial charge in [-0.3, -0.25) is 0 Å². The lowest BCUT2D eigenvalue weighted by atomic mass is 10.1. The van der Waals surface area contributed by atoms with Gasteiger partial charge in [-0.25, -0.2) is 4.79 Å². The summed E-state index contributed by atoms with van der Waals surface area (Å²) in [5, 5.41) is 9.63. The second kappa shape index (κ2) is 6.85. The van der Waals surface area contributed by atoms with Crippen molar-refractivity contribution in [2.24, 2.45) is 0 Å². The zero-order chi connectivity index (χ0) is 13.5. The first-order valence-corrected chi connectivity index (χ1v) is 5.69. The maximum absolute atomic E-state index is 11.5. The van der Waals surface area contributed by atoms with E-state index in [-0.39, 0.29) is 12.2 Å². The Morgan fingerprint density at radius 3 is 2.72 bits per heavy atom. The Labute approximate surface area is 115 Å². The number of benzene rings is 1. The second-order valence-electron chi connectivity index (χ2n) is 3.23. The number of carbonyl (C=O) groups excluding carboxylic acids is 1. The molecule has 0 saturated heterocycles. The van der Waals surface area contributed by atoms with Gasteiger partial charge in [0.1, 0.15) is 18.2 Å². The van der Waals surface area contributed by atoms with Crippen LogP contribution in [0.2, 0.25) is 10.0 Å². The molecule has 5 heteroatoms. The minimum atomic E-state index is -0.705. The van der Waals surface area contributed by atoms with Crippen LogP contribution in [0, 0.1) is 11.3 Å². The fourth-order valence-corrected chi connectivity index (χ4v) is 1.42. The number of ether oxygens (including phenoxy) is 1. The van der Waals surface area contributed by atoms with Crippen molar-refractivity contribution in [3.63, 3.8) is 0 Å². The highest BCUT2D eigenvalue weighted by Gasteiger charge is 2.10. The van der Waals surface area contributed by atoms with Crippen molar-refractivity contribution in [3.05, 3.63) is 52.0 Å². The van der Waals surface area contributed by atoms with Crippen LogP contribution in [0.25, 0.3) is 6.08 Å². The van der Waals surface area contributed by atoms with E-state index in [1.807, 2.05) is 0 Å². The van der Waals surface area contributed by atoms with E-state index in [4.69, 9.17) is 33.2 Å². The van der Waals surface area contributed by atoms with Gasteiger partial charge in [0.2, 0.25) is 0 Å². The normalized spacial score (nSPS) is 10.6. The molecule has 18 heavy (non-hydrogen) atoms. The average molecular weight is 282 g/mol. The SMILES string of the molecule is C=CCOC(=O)/C(C#N)=C\c1ccc(Cl)c(Cl)c1. The standard InChI is InChI=1S/C13H9Cl2NO2/c1-2-5-18-13(17)10(8-16)6-9-3-4-11(14)12(15)7-9/h2-4,6-7H,1,5H2/b10-6-. The summed E-state index contributed by atoms with van der Waals surface area (Å²) in [6, 6.07) is 6.56. The van der Waals surface area contributed by atoms with Gasteiger partial charge in [0.15, 0.2) is 0 Å². The molecule has 0 N–H and O–H groups in total. The molecular weight excluding hydrogens is 273 g/mol. The minimum absolute atomic E-state index is 0.0548. The summed E-state index contributed by atoms with van der Waals surface area (Å²) in [5.41, 5.74) is 0.478. The molecular formula is C13H9Cl2NO2. The molecule has 1 aromatic rings. The Balaban J connectivity index is 2.97. The number of rotatable bonds is 4. The van der Waals surface area contributed by atoms with Crippen molar-refractivity contribution in [2.45, 2.75) is 0 Å². The molecule has 0 saturated carbocycles. The van der Waals surface area contributed by atoms with E-state index in [9.17, 15) is 4.79 Å². The molecule has 0 bridgehead atoms. The largest absolute Gasteiger partial charge is 0.457 e. The third-order valence-corrected chi connectivity index (χ3v) is 2.67. The van der Waals surface area contributed by atoms with Crippen molar-refractivity contribution in [3.8, 4) is 6.07 Å². The molecule has 0 unspecified atom stereocenters. The third-order valence-electron chi connectivity index (χ3n) is 1.93. The summed E-state index contributed by atoms with van der Waals surface area (Å²) < 4.78 is 4.76. The first kappa shape index (κ1) is 14.3. The predicted octanol–water partition coefficient (Wildman–Crippen LogP) is 3.63. The molecule has 3 nitrogen and oxygen atoms in total. The van der Waals surface area contributed by atoms with Gasteiger partial charge in [-0.15, -0.1) is 0 Å². The van der Waals surface area contributed by atoms with Gasteiger partial charge < -0.3 is 4.74 Å². The quantitative estimate of drug-likeness (QED) is 0.367. The molecule has 0 aliphatic rings. The monoisotopic (exact) mass is 281 g/mol. The highest BCUT2D eigenvalue weighted by Crippen LogP contribution is 2.23. The summed E-state index contributed by atoms with van der Waals surface area (Å²) in [4.78, 5) is 11.5. The van der Waals surface area contributed by atoms with E-state index in [2.05, 4.69) is 6.58 Å². The first-order valence-electron chi connectivity index (χ1n) is 4.93. The molecule has 92 valence electrons. The van der Waals surface area contributed by atoms with Crippen LogP contribution in [0.15, 0.2) is 36.4 Å². The van der Waals surface area contributed by atoms with Gasteiger partial charge in [-0.2, -0.15) is 5.26 Å². The van der Waals surface area contributed by atoms with E-state index in [1.54, 1.807) is 24.3 Å². The minimum Gasteiger partial charge on any atom is -0.457 e. The van der Waals surface area contributed by atoms with E-state index in [0.717, 1.165) is 0 Å². The van der Waals surface area contributed by atoms with Crippen LogP contribution in [0.1, 0.15) is 5.56 Å². The zero-order valence-corrected chi connectivity index (χ0v) is 10.8. The molecule has 0 fully saturated rings. The molecule has 0 aromatic heterocycles. The summed E-state index contributed by atoms with van der Waals surface area (Å²) in [7, 11) is 0. The van der Waals surface area contributed by atoms with Crippen molar-refractivity contribution in [1.82, 2.24) is 0 Å². The average Bonchev–Trinajstić information content (AvgIpc) is 2.37. The molecule has 1 aromatic carbocycles. The van der Waals surface area contributed by atoms with E-state index in [0.29, 0.717) is 15.6 Å². The Kier molecular flexibility index (Phi) is 5.44. The van der Waals surface area contributed by atoms with Crippen LogP contribution < -0.4 is 0 Å². The van der Waals surface area contributed by atoms with E-state index in [1.165, 1.54) is 12.2 Å². The van der Waals surface area contributed by atoms with Crippen LogP contribution in [-0.2, 0) is 9.53 Å². The number of nitrogens with zero attached hydrogens (tertiary/aromatic N) is 1. The highest BCUT2D eigenvalue weighted by atomic mass is 35.5. The molecule has 0 amide bonds. The molecule has 0 aliphatic carbocycles. The molecule has 0 radical (unpaired) electrons. The Bertz CT molecular complexity index is 544. The Morgan fingerprint density at radius 1 is 1.44 bits per heavy atom. The van der Waals surface area contributed by atoms with Gasteiger partial charge in [0, 0.05) is 0 Å². The van der Waals surface area contributed by atoms with Crippen LogP contribution in [0.5, 0.6) is 0 Å². The van der Waals surface area contributed by atoms with Gasteiger partial charge in [0.05, 0.1) is 10.0 Å². The maximum atomic E-state index is 11.5. The summed E-state index contributed by atoms with van der Waals surface area (Å²) in [5.74, 6) is -0.705. The summed E-state index contributed by atoms with van der Waals surface area (Å²) in [6.07, 6.45) is 2.81. The molecule has 0 aliphatic heterocycles. The van der Waals surface area contributed by atoms with Crippen molar-refractivity contribution < 1.29 is 9.53 Å². The Morgan fingerprint density at radius 2 is 2.17 bits per heavy atom. The fourth-order valence-electron chi connectivity index (χ4n) is 1.12. The highest BCUT2D eigenvalue weighted by molar-refractivity contribution is 6.42. The number of halogens is 2. The molecule has 0 spiro atoms. The first-order chi connectivity index (χ1) is 8.58. The van der Waals surface area contributed by atoms with Crippen LogP contribution >= 0.6 is 23.2 Å². The Hall–Kier alpha value is -1.76. The fraction of sp³-hybridized carbons (Fsp3) is 0.0769. The van der Waals surface area contributed by atoms with Crippen molar-refractivity contribution >= 4 is 35.2 Å². The van der Waals surface area contributed by atoms with Gasteiger partial charge in [-0.05, 0) is 23.8 Å². The van der Waals surface area contributed by atoms with Gasteiger partial charge in [0.25, 0.3) is 0 Å². The predicted molar refractivity (Wildman–Crippen MR) is 71.2 cm³/mol. The number of hydrogen-bond donors (Lipinski definition) is 0. The number of esters is 1. The van der Waals surface area contributed by atoms with Gasteiger partial charge >= 0.3 is 5.97 Å². The summed E-state index contributed by atoms with van der Waals surface area (Å²) in [6.45, 7) is 3.47. The lowest BCUT2D eigenvalue weighted by molar-refractivity contribution is -0.137. The van der Waals surface area contributed by atoms with Crippen molar-refractivity contribution in [1.29, 1.82) is 5.26 Å². The van der Waals surface area contributed by atoms with E-state index >= 15 is 0 Å². The number of carbonyl (C=O) groups is 1. The number of nitriles is 1. The van der Waals surface area contributed by atoms with E-state index < -0.39 is 5.97 Å². The second-order valence-corrected chi connectivity index (χ2v) is 4.04. The lowest BCUT2D eigenvalue weighted by Crippen LogP contribution is -2.06. The van der Waals surface area contributed by atoms with Crippen molar-refractivity contribution in [2.75, 3.05) is 6.61 Å². The van der Waals surface area contributed by atoms with Gasteiger partial charge in [-0.1, -0.05) is 41.9 Å².